The monoisotopic (exact) mass is 1030 g/mol. The Balaban J connectivity index is 3.36. The van der Waals surface area contributed by atoms with Gasteiger partial charge in [0.05, 0.1) is 25.4 Å². The lowest BCUT2D eigenvalue weighted by molar-refractivity contribution is -0.143. The van der Waals surface area contributed by atoms with Crippen LogP contribution in [0.25, 0.3) is 0 Å². The van der Waals surface area contributed by atoms with Crippen molar-refractivity contribution in [2.45, 2.75) is 366 Å². The lowest BCUT2D eigenvalue weighted by Gasteiger charge is -2.20. The van der Waals surface area contributed by atoms with E-state index >= 15 is 0 Å². The molecule has 0 fully saturated rings. The van der Waals surface area contributed by atoms with Crippen molar-refractivity contribution >= 4 is 11.9 Å². The van der Waals surface area contributed by atoms with Gasteiger partial charge in [-0.25, -0.2) is 0 Å². The predicted octanol–water partition coefficient (Wildman–Crippen LogP) is 20.8. The van der Waals surface area contributed by atoms with Crippen LogP contribution in [-0.2, 0) is 14.3 Å². The van der Waals surface area contributed by atoms with Gasteiger partial charge in [0.1, 0.15) is 0 Å². The van der Waals surface area contributed by atoms with E-state index in [-0.39, 0.29) is 18.5 Å². The third-order valence-electron chi connectivity index (χ3n) is 15.1. The van der Waals surface area contributed by atoms with Crippen molar-refractivity contribution < 1.29 is 24.5 Å². The molecular formula is C67H127NO5. The van der Waals surface area contributed by atoms with E-state index in [9.17, 15) is 19.8 Å². The second kappa shape index (κ2) is 62.6. The second-order valence-electron chi connectivity index (χ2n) is 22.4. The molecule has 0 radical (unpaired) electrons. The minimum Gasteiger partial charge on any atom is -0.466 e. The molecule has 6 heteroatoms. The lowest BCUT2D eigenvalue weighted by Crippen LogP contribution is -2.45. The summed E-state index contributed by atoms with van der Waals surface area (Å²) < 4.78 is 5.50. The molecule has 0 bridgehead atoms. The van der Waals surface area contributed by atoms with Gasteiger partial charge >= 0.3 is 5.97 Å². The number of carbonyl (C=O) groups is 2. The quantitative estimate of drug-likeness (QED) is 0.0320. The smallest absolute Gasteiger partial charge is 0.305 e. The van der Waals surface area contributed by atoms with Crippen LogP contribution in [0.3, 0.4) is 0 Å². The topological polar surface area (TPSA) is 95.9 Å². The average Bonchev–Trinajstić information content (AvgIpc) is 3.39. The molecule has 0 rings (SSSR count). The molecule has 0 aromatic rings. The fourth-order valence-corrected chi connectivity index (χ4v) is 10.1. The largest absolute Gasteiger partial charge is 0.466 e. The van der Waals surface area contributed by atoms with Crippen molar-refractivity contribution in [1.82, 2.24) is 5.32 Å². The van der Waals surface area contributed by atoms with Gasteiger partial charge in [-0.2, -0.15) is 0 Å². The Morgan fingerprint density at radius 2 is 0.644 bits per heavy atom. The van der Waals surface area contributed by atoms with Crippen LogP contribution in [0, 0.1) is 0 Å². The van der Waals surface area contributed by atoms with E-state index in [1.807, 2.05) is 6.08 Å². The van der Waals surface area contributed by atoms with Crippen LogP contribution < -0.4 is 5.32 Å². The van der Waals surface area contributed by atoms with Crippen LogP contribution in [0.5, 0.6) is 0 Å². The molecule has 0 aliphatic heterocycles. The molecule has 2 unspecified atom stereocenters. The molecule has 0 aliphatic rings. The van der Waals surface area contributed by atoms with Gasteiger partial charge in [-0.1, -0.05) is 294 Å². The number of ether oxygens (including phenoxy) is 1. The molecule has 3 N–H and O–H groups in total. The third-order valence-corrected chi connectivity index (χ3v) is 15.1. The second-order valence-corrected chi connectivity index (χ2v) is 22.4. The van der Waals surface area contributed by atoms with Gasteiger partial charge in [-0.3, -0.25) is 9.59 Å². The molecule has 1 amide bonds. The molecule has 0 heterocycles. The van der Waals surface area contributed by atoms with Crippen LogP contribution in [0.1, 0.15) is 354 Å². The molecule has 6 nitrogen and oxygen atoms in total. The molecule has 0 spiro atoms. The van der Waals surface area contributed by atoms with E-state index < -0.39 is 12.1 Å². The SMILES string of the molecule is CCCCCCCCC/C=C\CCCCCCCCCC(=O)OCCCCCCCCCCCCCC/C=C\CCCCCCCCCCCCCCC(=O)NC(CO)C(O)/C=C/CCCCCCCCCC. The normalized spacial score (nSPS) is 12.8. The van der Waals surface area contributed by atoms with E-state index in [2.05, 4.69) is 43.5 Å². The van der Waals surface area contributed by atoms with E-state index in [4.69, 9.17) is 4.74 Å². The average molecular weight is 1030 g/mol. The van der Waals surface area contributed by atoms with E-state index in [1.165, 1.54) is 283 Å². The van der Waals surface area contributed by atoms with E-state index in [0.717, 1.165) is 44.9 Å². The predicted molar refractivity (Wildman–Crippen MR) is 319 cm³/mol. The van der Waals surface area contributed by atoms with Crippen LogP contribution in [0.2, 0.25) is 0 Å². The maximum Gasteiger partial charge on any atom is 0.305 e. The van der Waals surface area contributed by atoms with Crippen molar-refractivity contribution in [1.29, 1.82) is 0 Å². The number of hydrogen-bond acceptors (Lipinski definition) is 5. The van der Waals surface area contributed by atoms with Crippen molar-refractivity contribution in [3.63, 3.8) is 0 Å². The van der Waals surface area contributed by atoms with Gasteiger partial charge in [0.25, 0.3) is 0 Å². The first-order chi connectivity index (χ1) is 36.0. The number of carbonyl (C=O) groups excluding carboxylic acids is 2. The van der Waals surface area contributed by atoms with E-state index in [0.29, 0.717) is 19.4 Å². The Morgan fingerprint density at radius 3 is 0.973 bits per heavy atom. The highest BCUT2D eigenvalue weighted by Gasteiger charge is 2.18. The number of hydrogen-bond donors (Lipinski definition) is 3. The summed E-state index contributed by atoms with van der Waals surface area (Å²) in [6.07, 6.45) is 79.3. The highest BCUT2D eigenvalue weighted by atomic mass is 16.5. The van der Waals surface area contributed by atoms with Gasteiger partial charge in [-0.15, -0.1) is 0 Å². The molecule has 0 aromatic carbocycles. The van der Waals surface area contributed by atoms with Crippen LogP contribution in [0.15, 0.2) is 36.5 Å². The van der Waals surface area contributed by atoms with E-state index in [1.54, 1.807) is 6.08 Å². The number of aliphatic hydroxyl groups is 2. The third kappa shape index (κ3) is 59.2. The van der Waals surface area contributed by atoms with Crippen LogP contribution in [-0.4, -0.2) is 47.4 Å². The minimum absolute atomic E-state index is 0.0126. The first-order valence-corrected chi connectivity index (χ1v) is 32.8. The van der Waals surface area contributed by atoms with Gasteiger partial charge < -0.3 is 20.3 Å². The fourth-order valence-electron chi connectivity index (χ4n) is 10.1. The van der Waals surface area contributed by atoms with Crippen molar-refractivity contribution in [3.8, 4) is 0 Å². The molecule has 2 atom stereocenters. The van der Waals surface area contributed by atoms with Crippen molar-refractivity contribution in [2.75, 3.05) is 13.2 Å². The van der Waals surface area contributed by atoms with Gasteiger partial charge in [-0.05, 0) is 83.5 Å². The fraction of sp³-hybridized carbons (Fsp3) is 0.881. The summed E-state index contributed by atoms with van der Waals surface area (Å²) in [6.45, 7) is 4.90. The highest BCUT2D eigenvalue weighted by Crippen LogP contribution is 2.17. The lowest BCUT2D eigenvalue weighted by atomic mass is 10.0. The van der Waals surface area contributed by atoms with Gasteiger partial charge in [0, 0.05) is 12.8 Å². The first kappa shape index (κ1) is 71.1. The summed E-state index contributed by atoms with van der Waals surface area (Å²) in [4.78, 5) is 24.5. The zero-order chi connectivity index (χ0) is 52.9. The van der Waals surface area contributed by atoms with Crippen LogP contribution in [0.4, 0.5) is 0 Å². The number of rotatable bonds is 61. The zero-order valence-corrected chi connectivity index (χ0v) is 49.1. The summed E-state index contributed by atoms with van der Waals surface area (Å²) >= 11 is 0. The molecule has 0 saturated carbocycles. The molecule has 430 valence electrons. The Hall–Kier alpha value is -1.92. The van der Waals surface area contributed by atoms with Crippen molar-refractivity contribution in [2.24, 2.45) is 0 Å². The molecule has 0 aliphatic carbocycles. The molecular weight excluding hydrogens is 899 g/mol. The maximum absolute atomic E-state index is 12.4. The molecule has 0 aromatic heterocycles. The first-order valence-electron chi connectivity index (χ1n) is 32.8. The number of allylic oxidation sites excluding steroid dienone is 5. The summed E-state index contributed by atoms with van der Waals surface area (Å²) in [5.74, 6) is -0.0566. The number of amides is 1. The molecule has 0 saturated heterocycles. The van der Waals surface area contributed by atoms with Crippen molar-refractivity contribution in [3.05, 3.63) is 36.5 Å². The van der Waals surface area contributed by atoms with Gasteiger partial charge in [0.15, 0.2) is 0 Å². The molecule has 73 heavy (non-hydrogen) atoms. The number of unbranched alkanes of at least 4 members (excludes halogenated alkanes) is 46. The summed E-state index contributed by atoms with van der Waals surface area (Å²) in [6, 6.07) is -0.626. The Bertz CT molecular complexity index is 1180. The Kier molecular flexibility index (Phi) is 61.0. The summed E-state index contributed by atoms with van der Waals surface area (Å²) in [7, 11) is 0. The number of aliphatic hydroxyl groups excluding tert-OH is 2. The van der Waals surface area contributed by atoms with Crippen LogP contribution >= 0.6 is 0 Å². The summed E-state index contributed by atoms with van der Waals surface area (Å²) in [5, 5.41) is 23.0. The standard InChI is InChI=1S/C67H127NO5/c1-3-5-7-9-11-13-15-16-17-18-32-35-38-41-45-49-53-57-61-67(72)73-62-58-54-50-46-42-39-36-33-30-28-26-24-22-20-19-21-23-25-27-29-31-34-37-40-44-48-52-56-60-66(71)68-64(63-69)65(70)59-55-51-47-43-14-12-10-8-6-4-2/h17-20,55,59,64-65,69-70H,3-16,21-54,56-58,60-63H2,1-2H3,(H,68,71)/b18-17-,20-19-,59-55+. The highest BCUT2D eigenvalue weighted by molar-refractivity contribution is 5.76. The number of esters is 1. The zero-order valence-electron chi connectivity index (χ0n) is 49.1. The number of nitrogens with one attached hydrogen (secondary N) is 1. The Labute approximate surface area is 455 Å². The van der Waals surface area contributed by atoms with Gasteiger partial charge in [0.2, 0.25) is 5.91 Å². The maximum atomic E-state index is 12.4. The minimum atomic E-state index is -0.842. The summed E-state index contributed by atoms with van der Waals surface area (Å²) in [5.41, 5.74) is 0. The Morgan fingerprint density at radius 1 is 0.370 bits per heavy atom.